The van der Waals surface area contributed by atoms with Gasteiger partial charge in [-0.25, -0.2) is 4.79 Å². The van der Waals surface area contributed by atoms with Gasteiger partial charge in [-0.3, -0.25) is 0 Å². The third kappa shape index (κ3) is 2.45. The summed E-state index contributed by atoms with van der Waals surface area (Å²) in [7, 11) is 0. The van der Waals surface area contributed by atoms with E-state index in [1.165, 1.54) is 0 Å². The minimum atomic E-state index is -0.378. The highest BCUT2D eigenvalue weighted by atomic mass is 16.5. The molecule has 0 fully saturated rings. The molecule has 1 aromatic carbocycles. The fourth-order valence-corrected chi connectivity index (χ4v) is 2.29. The van der Waals surface area contributed by atoms with Crippen LogP contribution in [0.3, 0.4) is 0 Å². The first-order chi connectivity index (χ1) is 8.76. The number of hydrogen-bond donors (Lipinski definition) is 1. The van der Waals surface area contributed by atoms with Gasteiger partial charge in [0.1, 0.15) is 0 Å². The lowest BCUT2D eigenvalue weighted by atomic mass is 10.0. The molecule has 18 heavy (non-hydrogen) atoms. The van der Waals surface area contributed by atoms with Crippen LogP contribution < -0.4 is 5.32 Å². The number of fused-ring (bicyclic) bond motifs is 1. The Kier molecular flexibility index (Phi) is 3.83. The van der Waals surface area contributed by atoms with Crippen LogP contribution in [0.15, 0.2) is 18.2 Å². The average molecular weight is 244 g/mol. The number of amides is 1. The van der Waals surface area contributed by atoms with Crippen LogP contribution in [0.2, 0.25) is 0 Å². The molecule has 0 saturated heterocycles. The summed E-state index contributed by atoms with van der Waals surface area (Å²) in [6.07, 6.45) is 2.09. The Balaban J connectivity index is 2.08. The van der Waals surface area contributed by atoms with E-state index >= 15 is 0 Å². The Labute approximate surface area is 107 Å². The molecular weight excluding hydrogens is 228 g/mol. The molecule has 4 nitrogen and oxygen atoms in total. The molecule has 1 aromatic rings. The van der Waals surface area contributed by atoms with Gasteiger partial charge in [0.15, 0.2) is 0 Å². The van der Waals surface area contributed by atoms with Gasteiger partial charge < -0.3 is 10.1 Å². The van der Waals surface area contributed by atoms with Crippen LogP contribution in [0.5, 0.6) is 0 Å². The first kappa shape index (κ1) is 12.4. The molecule has 0 saturated carbocycles. The summed E-state index contributed by atoms with van der Waals surface area (Å²) in [5.41, 5.74) is 2.81. The Morgan fingerprint density at radius 2 is 2.44 bits per heavy atom. The van der Waals surface area contributed by atoms with E-state index in [2.05, 4.69) is 11.4 Å². The molecule has 1 unspecified atom stereocenters. The van der Waals surface area contributed by atoms with Crippen LogP contribution in [0, 0.1) is 11.3 Å². The summed E-state index contributed by atoms with van der Waals surface area (Å²) in [6, 6.07) is 7.80. The number of nitriles is 1. The topological polar surface area (TPSA) is 62.1 Å². The second kappa shape index (κ2) is 5.54. The van der Waals surface area contributed by atoms with Crippen molar-refractivity contribution < 1.29 is 9.53 Å². The molecule has 0 spiro atoms. The largest absolute Gasteiger partial charge is 0.450 e. The number of alkyl carbamates (subject to hydrolysis) is 1. The predicted molar refractivity (Wildman–Crippen MR) is 67.0 cm³/mol. The summed E-state index contributed by atoms with van der Waals surface area (Å²) in [6.45, 7) is 2.39. The van der Waals surface area contributed by atoms with E-state index in [1.807, 2.05) is 25.1 Å². The zero-order valence-corrected chi connectivity index (χ0v) is 10.4. The summed E-state index contributed by atoms with van der Waals surface area (Å²) in [5, 5.41) is 11.9. The first-order valence-corrected chi connectivity index (χ1v) is 6.21. The van der Waals surface area contributed by atoms with Crippen molar-refractivity contribution in [2.45, 2.75) is 32.2 Å². The van der Waals surface area contributed by atoms with Crippen molar-refractivity contribution in [3.63, 3.8) is 0 Å². The molecule has 2 rings (SSSR count). The second-order valence-corrected chi connectivity index (χ2v) is 4.36. The number of nitrogens with zero attached hydrogens (tertiary/aromatic N) is 1. The van der Waals surface area contributed by atoms with Crippen molar-refractivity contribution in [2.75, 3.05) is 6.61 Å². The molecule has 94 valence electrons. The highest BCUT2D eigenvalue weighted by Crippen LogP contribution is 2.33. The molecule has 0 aliphatic heterocycles. The molecule has 0 aromatic heterocycles. The van der Waals surface area contributed by atoms with E-state index in [-0.39, 0.29) is 12.1 Å². The molecule has 4 heteroatoms. The molecule has 1 atom stereocenters. The monoisotopic (exact) mass is 244 g/mol. The normalized spacial score (nSPS) is 16.8. The summed E-state index contributed by atoms with van der Waals surface area (Å²) in [5.74, 6) is 0. The lowest BCUT2D eigenvalue weighted by Crippen LogP contribution is -2.28. The summed E-state index contributed by atoms with van der Waals surface area (Å²) < 4.78 is 5.01. The van der Waals surface area contributed by atoms with Gasteiger partial charge in [0, 0.05) is 0 Å². The number of ether oxygens (including phenoxy) is 1. The molecule has 1 amide bonds. The fourth-order valence-electron chi connectivity index (χ4n) is 2.29. The third-order valence-electron chi connectivity index (χ3n) is 3.12. The predicted octanol–water partition coefficient (Wildman–Crippen LogP) is 2.68. The summed E-state index contributed by atoms with van der Waals surface area (Å²) in [4.78, 5) is 11.5. The maximum absolute atomic E-state index is 11.5. The van der Waals surface area contributed by atoms with E-state index in [1.54, 1.807) is 0 Å². The van der Waals surface area contributed by atoms with Crippen molar-refractivity contribution in [2.24, 2.45) is 0 Å². The smallest absolute Gasteiger partial charge is 0.407 e. The van der Waals surface area contributed by atoms with Crippen LogP contribution in [0.4, 0.5) is 4.79 Å². The SMILES string of the molecule is CCCOC(=O)NC1CCc2c(C#N)cccc21. The zero-order chi connectivity index (χ0) is 13.0. The molecule has 1 aliphatic rings. The highest BCUT2D eigenvalue weighted by molar-refractivity contribution is 5.68. The maximum Gasteiger partial charge on any atom is 0.407 e. The Morgan fingerprint density at radius 3 is 3.17 bits per heavy atom. The van der Waals surface area contributed by atoms with Gasteiger partial charge in [-0.05, 0) is 36.5 Å². The van der Waals surface area contributed by atoms with Crippen molar-refractivity contribution in [3.05, 3.63) is 34.9 Å². The van der Waals surface area contributed by atoms with E-state index in [4.69, 9.17) is 10.00 Å². The molecule has 1 aliphatic carbocycles. The highest BCUT2D eigenvalue weighted by Gasteiger charge is 2.26. The number of hydrogen-bond acceptors (Lipinski definition) is 3. The van der Waals surface area contributed by atoms with Crippen LogP contribution in [-0.2, 0) is 11.2 Å². The minimum absolute atomic E-state index is 0.0299. The van der Waals surface area contributed by atoms with Crippen molar-refractivity contribution in [1.82, 2.24) is 5.32 Å². The minimum Gasteiger partial charge on any atom is -0.450 e. The third-order valence-corrected chi connectivity index (χ3v) is 3.12. The molecule has 0 bridgehead atoms. The van der Waals surface area contributed by atoms with Gasteiger partial charge in [0.05, 0.1) is 24.3 Å². The number of rotatable bonds is 3. The number of carbonyl (C=O) groups is 1. The van der Waals surface area contributed by atoms with Gasteiger partial charge in [-0.15, -0.1) is 0 Å². The lowest BCUT2D eigenvalue weighted by Gasteiger charge is -2.14. The van der Waals surface area contributed by atoms with Crippen LogP contribution >= 0.6 is 0 Å². The van der Waals surface area contributed by atoms with E-state index in [0.29, 0.717) is 12.2 Å². The van der Waals surface area contributed by atoms with Gasteiger partial charge in [0.2, 0.25) is 0 Å². The van der Waals surface area contributed by atoms with E-state index in [0.717, 1.165) is 30.4 Å². The van der Waals surface area contributed by atoms with Gasteiger partial charge in [0.25, 0.3) is 0 Å². The number of benzene rings is 1. The zero-order valence-electron chi connectivity index (χ0n) is 10.4. The average Bonchev–Trinajstić information content (AvgIpc) is 2.79. The standard InChI is InChI=1S/C14H16N2O2/c1-2-8-18-14(17)16-13-7-6-11-10(9-15)4-3-5-12(11)13/h3-5,13H,2,6-8H2,1H3,(H,16,17). The van der Waals surface area contributed by atoms with Crippen molar-refractivity contribution in [3.8, 4) is 6.07 Å². The van der Waals surface area contributed by atoms with Crippen LogP contribution in [-0.4, -0.2) is 12.7 Å². The van der Waals surface area contributed by atoms with Gasteiger partial charge in [-0.2, -0.15) is 5.26 Å². The van der Waals surface area contributed by atoms with Gasteiger partial charge in [-0.1, -0.05) is 19.1 Å². The molecular formula is C14H16N2O2. The molecule has 0 radical (unpaired) electrons. The summed E-state index contributed by atoms with van der Waals surface area (Å²) >= 11 is 0. The van der Waals surface area contributed by atoms with E-state index < -0.39 is 0 Å². The van der Waals surface area contributed by atoms with Gasteiger partial charge >= 0.3 is 6.09 Å². The first-order valence-electron chi connectivity index (χ1n) is 6.21. The number of nitrogens with one attached hydrogen (secondary N) is 1. The molecule has 1 N–H and O–H groups in total. The fraction of sp³-hybridized carbons (Fsp3) is 0.429. The van der Waals surface area contributed by atoms with Crippen LogP contribution in [0.25, 0.3) is 0 Å². The Hall–Kier alpha value is -2.02. The Morgan fingerprint density at radius 1 is 1.61 bits per heavy atom. The van der Waals surface area contributed by atoms with Crippen molar-refractivity contribution >= 4 is 6.09 Å². The van der Waals surface area contributed by atoms with Crippen molar-refractivity contribution in [1.29, 1.82) is 5.26 Å². The molecule has 0 heterocycles. The maximum atomic E-state index is 11.5. The van der Waals surface area contributed by atoms with E-state index in [9.17, 15) is 4.79 Å². The second-order valence-electron chi connectivity index (χ2n) is 4.36. The van der Waals surface area contributed by atoms with Crippen LogP contribution in [0.1, 0.15) is 42.5 Å². The quantitative estimate of drug-likeness (QED) is 0.889. The lowest BCUT2D eigenvalue weighted by molar-refractivity contribution is 0.142. The Bertz CT molecular complexity index is 491. The number of carbonyl (C=O) groups excluding carboxylic acids is 1.